The predicted molar refractivity (Wildman–Crippen MR) is 95.3 cm³/mol. The van der Waals surface area contributed by atoms with Crippen LogP contribution in [-0.4, -0.2) is 26.2 Å². The number of urea groups is 1. The summed E-state index contributed by atoms with van der Waals surface area (Å²) in [5, 5.41) is 5.91. The number of amides is 2. The van der Waals surface area contributed by atoms with Gasteiger partial charge in [-0.3, -0.25) is 0 Å². The molecule has 2 amide bonds. The number of likely N-dealkylation sites (N-methyl/N-ethyl adjacent to an activating group) is 1. The summed E-state index contributed by atoms with van der Waals surface area (Å²) in [5.41, 5.74) is 5.84. The fourth-order valence-electron chi connectivity index (χ4n) is 2.95. The number of benzene rings is 2. The van der Waals surface area contributed by atoms with E-state index in [1.54, 1.807) is 0 Å². The second kappa shape index (κ2) is 6.73. The largest absolute Gasteiger partial charge is 0.374 e. The van der Waals surface area contributed by atoms with Crippen molar-refractivity contribution in [2.75, 3.05) is 30.4 Å². The van der Waals surface area contributed by atoms with Crippen molar-refractivity contribution < 1.29 is 4.79 Å². The van der Waals surface area contributed by atoms with E-state index in [0.717, 1.165) is 25.1 Å². The van der Waals surface area contributed by atoms with Crippen molar-refractivity contribution in [2.45, 2.75) is 19.8 Å². The SMILES string of the molecule is Cc1ccc(CCNC(=O)Nc2cccc3c2CCN3C)cc1. The van der Waals surface area contributed by atoms with Crippen molar-refractivity contribution in [1.29, 1.82) is 0 Å². The van der Waals surface area contributed by atoms with Crippen LogP contribution in [0.25, 0.3) is 0 Å². The van der Waals surface area contributed by atoms with Crippen molar-refractivity contribution >= 4 is 17.4 Å². The highest BCUT2D eigenvalue weighted by molar-refractivity contribution is 5.91. The summed E-state index contributed by atoms with van der Waals surface area (Å²) in [6.45, 7) is 3.71. The zero-order valence-electron chi connectivity index (χ0n) is 13.7. The van der Waals surface area contributed by atoms with Crippen LogP contribution in [0.15, 0.2) is 42.5 Å². The number of fused-ring (bicyclic) bond motifs is 1. The van der Waals surface area contributed by atoms with Gasteiger partial charge in [0.2, 0.25) is 0 Å². The van der Waals surface area contributed by atoms with E-state index in [9.17, 15) is 4.79 Å². The van der Waals surface area contributed by atoms with Crippen molar-refractivity contribution in [1.82, 2.24) is 5.32 Å². The van der Waals surface area contributed by atoms with E-state index >= 15 is 0 Å². The third-order valence-corrected chi connectivity index (χ3v) is 4.33. The molecule has 4 heteroatoms. The molecule has 0 spiro atoms. The Labute approximate surface area is 137 Å². The summed E-state index contributed by atoms with van der Waals surface area (Å²) in [5.74, 6) is 0. The first kappa shape index (κ1) is 15.4. The normalized spacial score (nSPS) is 12.9. The number of aryl methyl sites for hydroxylation is 1. The van der Waals surface area contributed by atoms with Gasteiger partial charge in [-0.2, -0.15) is 0 Å². The quantitative estimate of drug-likeness (QED) is 0.909. The van der Waals surface area contributed by atoms with Gasteiger partial charge in [-0.15, -0.1) is 0 Å². The van der Waals surface area contributed by atoms with E-state index in [4.69, 9.17) is 0 Å². The highest BCUT2D eigenvalue weighted by Gasteiger charge is 2.19. The molecule has 0 unspecified atom stereocenters. The minimum Gasteiger partial charge on any atom is -0.374 e. The molecule has 2 aromatic carbocycles. The Hall–Kier alpha value is -2.49. The molecule has 4 nitrogen and oxygen atoms in total. The Morgan fingerprint density at radius 1 is 1.17 bits per heavy atom. The molecule has 0 radical (unpaired) electrons. The molecule has 0 aromatic heterocycles. The highest BCUT2D eigenvalue weighted by atomic mass is 16.2. The van der Waals surface area contributed by atoms with Gasteiger partial charge < -0.3 is 15.5 Å². The van der Waals surface area contributed by atoms with Gasteiger partial charge in [0.1, 0.15) is 0 Å². The maximum absolute atomic E-state index is 12.1. The number of carbonyl (C=O) groups is 1. The number of nitrogens with zero attached hydrogens (tertiary/aromatic N) is 1. The molecule has 0 saturated carbocycles. The second-order valence-electron chi connectivity index (χ2n) is 6.09. The predicted octanol–water partition coefficient (Wildman–Crippen LogP) is 3.35. The zero-order chi connectivity index (χ0) is 16.2. The molecule has 1 heterocycles. The summed E-state index contributed by atoms with van der Waals surface area (Å²) >= 11 is 0. The molecule has 0 bridgehead atoms. The summed E-state index contributed by atoms with van der Waals surface area (Å²) < 4.78 is 0. The molecular formula is C19H23N3O. The van der Waals surface area contributed by atoms with Gasteiger partial charge in [0.05, 0.1) is 0 Å². The van der Waals surface area contributed by atoms with Crippen molar-refractivity contribution in [3.63, 3.8) is 0 Å². The Balaban J connectivity index is 1.53. The van der Waals surface area contributed by atoms with E-state index in [0.29, 0.717) is 6.54 Å². The zero-order valence-corrected chi connectivity index (χ0v) is 13.7. The van der Waals surface area contributed by atoms with Gasteiger partial charge in [-0.05, 0) is 37.5 Å². The van der Waals surface area contributed by atoms with Gasteiger partial charge in [0.15, 0.2) is 0 Å². The fraction of sp³-hybridized carbons (Fsp3) is 0.316. The van der Waals surface area contributed by atoms with Crippen LogP contribution < -0.4 is 15.5 Å². The van der Waals surface area contributed by atoms with E-state index in [1.807, 2.05) is 12.1 Å². The first-order valence-corrected chi connectivity index (χ1v) is 8.07. The summed E-state index contributed by atoms with van der Waals surface area (Å²) in [6.07, 6.45) is 1.81. The third-order valence-electron chi connectivity index (χ3n) is 4.33. The van der Waals surface area contributed by atoms with Crippen LogP contribution in [0.1, 0.15) is 16.7 Å². The molecule has 0 aliphatic carbocycles. The van der Waals surface area contributed by atoms with Crippen molar-refractivity contribution in [3.8, 4) is 0 Å². The number of rotatable bonds is 4. The smallest absolute Gasteiger partial charge is 0.319 e. The molecule has 1 aliphatic rings. The fourth-order valence-corrected chi connectivity index (χ4v) is 2.95. The van der Waals surface area contributed by atoms with E-state index < -0.39 is 0 Å². The molecule has 120 valence electrons. The molecule has 0 saturated heterocycles. The Bertz CT molecular complexity index is 694. The standard InChI is InChI=1S/C19H23N3O/c1-14-6-8-15(9-7-14)10-12-20-19(23)21-17-4-3-5-18-16(17)11-13-22(18)2/h3-9H,10-13H2,1-2H3,(H2,20,21,23). The maximum Gasteiger partial charge on any atom is 0.319 e. The molecule has 2 N–H and O–H groups in total. The van der Waals surface area contributed by atoms with Gasteiger partial charge in [-0.25, -0.2) is 4.79 Å². The summed E-state index contributed by atoms with van der Waals surface area (Å²) in [6, 6.07) is 14.3. The molecule has 3 rings (SSSR count). The topological polar surface area (TPSA) is 44.4 Å². The first-order valence-electron chi connectivity index (χ1n) is 8.07. The number of nitrogens with one attached hydrogen (secondary N) is 2. The van der Waals surface area contributed by atoms with E-state index in [-0.39, 0.29) is 6.03 Å². The van der Waals surface area contributed by atoms with Crippen molar-refractivity contribution in [2.24, 2.45) is 0 Å². The van der Waals surface area contributed by atoms with Crippen LogP contribution in [0.5, 0.6) is 0 Å². The number of carbonyl (C=O) groups excluding carboxylic acids is 1. The average molecular weight is 309 g/mol. The van der Waals surface area contributed by atoms with Gasteiger partial charge in [-0.1, -0.05) is 35.9 Å². The van der Waals surface area contributed by atoms with Crippen LogP contribution in [0.4, 0.5) is 16.2 Å². The lowest BCUT2D eigenvalue weighted by molar-refractivity contribution is 0.252. The van der Waals surface area contributed by atoms with Crippen LogP contribution in [0.2, 0.25) is 0 Å². The number of hydrogen-bond donors (Lipinski definition) is 2. The molecular weight excluding hydrogens is 286 g/mol. The van der Waals surface area contributed by atoms with Crippen molar-refractivity contribution in [3.05, 3.63) is 59.2 Å². The second-order valence-corrected chi connectivity index (χ2v) is 6.09. The minimum atomic E-state index is -0.139. The lowest BCUT2D eigenvalue weighted by Crippen LogP contribution is -2.30. The third kappa shape index (κ3) is 3.65. The Morgan fingerprint density at radius 3 is 2.74 bits per heavy atom. The van der Waals surface area contributed by atoms with Gasteiger partial charge in [0, 0.05) is 37.1 Å². The molecule has 0 fully saturated rings. The number of anilines is 2. The monoisotopic (exact) mass is 309 g/mol. The van der Waals surface area contributed by atoms with Crippen LogP contribution in [-0.2, 0) is 12.8 Å². The highest BCUT2D eigenvalue weighted by Crippen LogP contribution is 2.32. The summed E-state index contributed by atoms with van der Waals surface area (Å²) in [7, 11) is 2.08. The Kier molecular flexibility index (Phi) is 4.51. The maximum atomic E-state index is 12.1. The van der Waals surface area contributed by atoms with Gasteiger partial charge in [0.25, 0.3) is 0 Å². The molecule has 1 aliphatic heterocycles. The number of hydrogen-bond acceptors (Lipinski definition) is 2. The van der Waals surface area contributed by atoms with Crippen LogP contribution >= 0.6 is 0 Å². The lowest BCUT2D eigenvalue weighted by Gasteiger charge is -2.14. The minimum absolute atomic E-state index is 0.139. The van der Waals surface area contributed by atoms with E-state index in [2.05, 4.69) is 59.8 Å². The lowest BCUT2D eigenvalue weighted by atomic mass is 10.1. The Morgan fingerprint density at radius 2 is 1.96 bits per heavy atom. The molecule has 2 aromatic rings. The van der Waals surface area contributed by atoms with E-state index in [1.165, 1.54) is 22.4 Å². The molecule has 23 heavy (non-hydrogen) atoms. The van der Waals surface area contributed by atoms with Crippen LogP contribution in [0.3, 0.4) is 0 Å². The average Bonchev–Trinajstić information content (AvgIpc) is 2.92. The first-order chi connectivity index (χ1) is 11.1. The molecule has 0 atom stereocenters. The summed E-state index contributed by atoms with van der Waals surface area (Å²) in [4.78, 5) is 14.3. The van der Waals surface area contributed by atoms with Crippen LogP contribution in [0, 0.1) is 6.92 Å². The van der Waals surface area contributed by atoms with Gasteiger partial charge >= 0.3 is 6.03 Å².